The molecule has 0 bridgehead atoms. The summed E-state index contributed by atoms with van der Waals surface area (Å²) in [5.41, 5.74) is 6.25. The fourth-order valence-electron chi connectivity index (χ4n) is 1.22. The Labute approximate surface area is 85.5 Å². The lowest BCUT2D eigenvalue weighted by atomic mass is 10.0. The van der Waals surface area contributed by atoms with Gasteiger partial charge >= 0.3 is 5.97 Å². The number of aliphatic carboxylic acids is 1. The molecule has 15 heavy (non-hydrogen) atoms. The van der Waals surface area contributed by atoms with Crippen molar-refractivity contribution in [2.45, 2.75) is 18.8 Å². The summed E-state index contributed by atoms with van der Waals surface area (Å²) in [4.78, 5) is 10.2. The number of nitrogen functional groups attached to an aromatic ring is 1. The van der Waals surface area contributed by atoms with E-state index in [4.69, 9.17) is 10.8 Å². The third kappa shape index (κ3) is 3.93. The molecule has 1 rings (SSSR count). The highest BCUT2D eigenvalue weighted by atomic mass is 19.3. The van der Waals surface area contributed by atoms with E-state index in [-0.39, 0.29) is 0 Å². The number of benzene rings is 1. The van der Waals surface area contributed by atoms with Crippen LogP contribution < -0.4 is 5.73 Å². The molecule has 0 aliphatic carbocycles. The van der Waals surface area contributed by atoms with E-state index in [2.05, 4.69) is 0 Å². The van der Waals surface area contributed by atoms with Crippen LogP contribution in [0.5, 0.6) is 0 Å². The Morgan fingerprint density at radius 3 is 2.33 bits per heavy atom. The van der Waals surface area contributed by atoms with Crippen LogP contribution in [0.2, 0.25) is 0 Å². The van der Waals surface area contributed by atoms with Gasteiger partial charge in [0.1, 0.15) is 6.42 Å². The van der Waals surface area contributed by atoms with E-state index >= 15 is 0 Å². The molecule has 1 aromatic rings. The summed E-state index contributed by atoms with van der Waals surface area (Å²) >= 11 is 0. The Morgan fingerprint density at radius 2 is 1.87 bits per heavy atom. The zero-order valence-corrected chi connectivity index (χ0v) is 7.91. The third-order valence-electron chi connectivity index (χ3n) is 1.85. The molecule has 3 nitrogen and oxygen atoms in total. The van der Waals surface area contributed by atoms with Gasteiger partial charge in [0.05, 0.1) is 0 Å². The number of halogens is 2. The van der Waals surface area contributed by atoms with Gasteiger partial charge < -0.3 is 10.8 Å². The minimum Gasteiger partial charge on any atom is -0.481 e. The van der Waals surface area contributed by atoms with Crippen molar-refractivity contribution in [3.05, 3.63) is 29.8 Å². The fourth-order valence-corrected chi connectivity index (χ4v) is 1.22. The number of hydrogen-bond donors (Lipinski definition) is 2. The first-order valence-corrected chi connectivity index (χ1v) is 4.33. The molecule has 0 heterocycles. The van der Waals surface area contributed by atoms with Crippen LogP contribution >= 0.6 is 0 Å². The van der Waals surface area contributed by atoms with Crippen molar-refractivity contribution in [3.8, 4) is 0 Å². The molecule has 82 valence electrons. The molecule has 5 heteroatoms. The highest BCUT2D eigenvalue weighted by Crippen LogP contribution is 2.24. The van der Waals surface area contributed by atoms with E-state index in [0.717, 1.165) is 0 Å². The number of hydrogen-bond acceptors (Lipinski definition) is 2. The van der Waals surface area contributed by atoms with E-state index in [1.807, 2.05) is 0 Å². The first-order chi connectivity index (χ1) is 6.89. The molecule has 0 fully saturated rings. The second kappa shape index (κ2) is 4.25. The Balaban J connectivity index is 2.68. The molecule has 0 aromatic heterocycles. The third-order valence-corrected chi connectivity index (χ3v) is 1.85. The number of carboxylic acid groups (broad SMARTS) is 1. The molecular formula is C10H11F2NO2. The van der Waals surface area contributed by atoms with Gasteiger partial charge in [0.2, 0.25) is 0 Å². The Kier molecular flexibility index (Phi) is 3.24. The molecule has 0 aliphatic rings. The molecule has 0 aliphatic heterocycles. The minimum atomic E-state index is -3.22. The van der Waals surface area contributed by atoms with Gasteiger partial charge in [0, 0.05) is 12.1 Å². The zero-order chi connectivity index (χ0) is 11.5. The highest BCUT2D eigenvalue weighted by Gasteiger charge is 2.32. The Morgan fingerprint density at radius 1 is 1.33 bits per heavy atom. The summed E-state index contributed by atoms with van der Waals surface area (Å²) in [5, 5.41) is 8.27. The van der Waals surface area contributed by atoms with Crippen LogP contribution in [0.1, 0.15) is 12.0 Å². The average Bonchev–Trinajstić information content (AvgIpc) is 2.06. The van der Waals surface area contributed by atoms with Gasteiger partial charge in [-0.2, -0.15) is 0 Å². The summed E-state index contributed by atoms with van der Waals surface area (Å²) in [6.07, 6.45) is -1.74. The summed E-state index contributed by atoms with van der Waals surface area (Å²) < 4.78 is 26.1. The predicted octanol–water partition coefficient (Wildman–Crippen LogP) is 1.92. The first-order valence-electron chi connectivity index (χ1n) is 4.33. The highest BCUT2D eigenvalue weighted by molar-refractivity contribution is 5.67. The van der Waals surface area contributed by atoms with Crippen LogP contribution in [0.25, 0.3) is 0 Å². The first kappa shape index (κ1) is 11.4. The van der Waals surface area contributed by atoms with Crippen molar-refractivity contribution < 1.29 is 18.7 Å². The van der Waals surface area contributed by atoms with E-state index in [9.17, 15) is 13.6 Å². The fraction of sp³-hybridized carbons (Fsp3) is 0.300. The van der Waals surface area contributed by atoms with Gasteiger partial charge in [-0.1, -0.05) is 12.1 Å². The van der Waals surface area contributed by atoms with Crippen molar-refractivity contribution in [1.82, 2.24) is 0 Å². The molecule has 1 aromatic carbocycles. The maximum atomic E-state index is 13.0. The Bertz CT molecular complexity index is 349. The number of carbonyl (C=O) groups is 1. The van der Waals surface area contributed by atoms with E-state index < -0.39 is 24.7 Å². The van der Waals surface area contributed by atoms with Crippen LogP contribution in [0.4, 0.5) is 14.5 Å². The van der Waals surface area contributed by atoms with E-state index in [1.54, 1.807) is 0 Å². The normalized spacial score (nSPS) is 11.3. The molecule has 0 amide bonds. The quantitative estimate of drug-likeness (QED) is 0.754. The monoisotopic (exact) mass is 215 g/mol. The summed E-state index contributed by atoms with van der Waals surface area (Å²) in [6, 6.07) is 5.94. The number of anilines is 1. The average molecular weight is 215 g/mol. The maximum Gasteiger partial charge on any atom is 0.309 e. The minimum absolute atomic E-state index is 0.371. The summed E-state index contributed by atoms with van der Waals surface area (Å²) in [7, 11) is 0. The number of nitrogens with two attached hydrogens (primary N) is 1. The van der Waals surface area contributed by atoms with Crippen LogP contribution in [-0.4, -0.2) is 17.0 Å². The van der Waals surface area contributed by atoms with Gasteiger partial charge in [0.25, 0.3) is 5.92 Å². The van der Waals surface area contributed by atoms with Gasteiger partial charge in [-0.15, -0.1) is 0 Å². The van der Waals surface area contributed by atoms with Gasteiger partial charge in [-0.3, -0.25) is 4.79 Å². The van der Waals surface area contributed by atoms with Gasteiger partial charge in [0.15, 0.2) is 0 Å². The van der Waals surface area contributed by atoms with Gasteiger partial charge in [-0.25, -0.2) is 8.78 Å². The second-order valence-corrected chi connectivity index (χ2v) is 3.34. The van der Waals surface area contributed by atoms with Gasteiger partial charge in [-0.05, 0) is 17.7 Å². The lowest BCUT2D eigenvalue weighted by Gasteiger charge is -2.13. The molecule has 0 atom stereocenters. The topological polar surface area (TPSA) is 63.3 Å². The molecular weight excluding hydrogens is 204 g/mol. The predicted molar refractivity (Wildman–Crippen MR) is 51.8 cm³/mol. The lowest BCUT2D eigenvalue weighted by molar-refractivity contribution is -0.144. The number of carboxylic acids is 1. The number of rotatable bonds is 4. The van der Waals surface area contributed by atoms with Crippen LogP contribution in [-0.2, 0) is 11.2 Å². The summed E-state index contributed by atoms with van der Waals surface area (Å²) in [6.45, 7) is 0. The Hall–Kier alpha value is -1.65. The van der Waals surface area contributed by atoms with Crippen molar-refractivity contribution >= 4 is 11.7 Å². The standard InChI is InChI=1S/C10H11F2NO2/c11-10(12,6-9(14)15)5-7-1-3-8(13)4-2-7/h1-4H,5-6,13H2,(H,14,15). The maximum absolute atomic E-state index is 13.0. The van der Waals surface area contributed by atoms with Crippen LogP contribution in [0, 0.1) is 0 Å². The van der Waals surface area contributed by atoms with Crippen molar-refractivity contribution in [3.63, 3.8) is 0 Å². The molecule has 0 spiro atoms. The molecule has 0 saturated heterocycles. The van der Waals surface area contributed by atoms with E-state index in [0.29, 0.717) is 11.3 Å². The zero-order valence-electron chi connectivity index (χ0n) is 7.91. The second-order valence-electron chi connectivity index (χ2n) is 3.34. The molecule has 0 unspecified atom stereocenters. The van der Waals surface area contributed by atoms with Crippen molar-refractivity contribution in [1.29, 1.82) is 0 Å². The smallest absolute Gasteiger partial charge is 0.309 e. The van der Waals surface area contributed by atoms with Crippen molar-refractivity contribution in [2.24, 2.45) is 0 Å². The SMILES string of the molecule is Nc1ccc(CC(F)(F)CC(=O)O)cc1. The van der Waals surface area contributed by atoms with Crippen LogP contribution in [0.3, 0.4) is 0 Å². The lowest BCUT2D eigenvalue weighted by Crippen LogP contribution is -2.23. The van der Waals surface area contributed by atoms with E-state index in [1.165, 1.54) is 24.3 Å². The summed E-state index contributed by atoms with van der Waals surface area (Å²) in [5.74, 6) is -4.72. The molecule has 3 N–H and O–H groups in total. The van der Waals surface area contributed by atoms with Crippen molar-refractivity contribution in [2.75, 3.05) is 5.73 Å². The molecule has 0 radical (unpaired) electrons. The largest absolute Gasteiger partial charge is 0.481 e. The molecule has 0 saturated carbocycles. The number of alkyl halides is 2. The van der Waals surface area contributed by atoms with Crippen LogP contribution in [0.15, 0.2) is 24.3 Å².